The molecular weight excluding hydrogens is 550 g/mol. The second-order valence-electron chi connectivity index (χ2n) is 11.4. The summed E-state index contributed by atoms with van der Waals surface area (Å²) in [5, 5.41) is 4.46. The Balaban J connectivity index is 1.000. The standard InChI is InChI=1S/C33H34ClN5O3/c34-25-14-22(18-35-19-25)20-38-10-7-26(8-11-38)37-27-4-5-30-24(16-27)15-23-2-1-3-29(33(23)42-30)31-21-39(12-13-41-31)28-6-9-36-32(40)17-28/h1-6,9,14,16-19,26,31,37H,7-8,10-13,15,20-21H2,(H,36,40). The summed E-state index contributed by atoms with van der Waals surface area (Å²) in [6.45, 7) is 4.95. The van der Waals surface area contributed by atoms with E-state index in [0.29, 0.717) is 24.2 Å². The highest BCUT2D eigenvalue weighted by Crippen LogP contribution is 2.43. The minimum atomic E-state index is -0.142. The zero-order valence-electron chi connectivity index (χ0n) is 23.4. The number of nitrogens with one attached hydrogen (secondary N) is 2. The van der Waals surface area contributed by atoms with Gasteiger partial charge < -0.3 is 24.7 Å². The molecule has 2 saturated heterocycles. The third-order valence-electron chi connectivity index (χ3n) is 8.44. The Labute approximate surface area is 250 Å². The maximum absolute atomic E-state index is 11.9. The smallest absolute Gasteiger partial charge is 0.249 e. The van der Waals surface area contributed by atoms with Gasteiger partial charge in [0.2, 0.25) is 5.56 Å². The summed E-state index contributed by atoms with van der Waals surface area (Å²) in [7, 11) is 0. The molecule has 0 amide bonds. The number of ether oxygens (including phenoxy) is 2. The molecule has 0 bridgehead atoms. The van der Waals surface area contributed by atoms with E-state index in [9.17, 15) is 4.79 Å². The molecule has 9 heteroatoms. The number of morpholine rings is 1. The Bertz CT molecular complexity index is 1630. The third kappa shape index (κ3) is 5.88. The SMILES string of the molecule is O=c1cc(N2CCOC(c3cccc4c3Oc3ccc(NC5CCN(Cc6cncc(Cl)c6)CC5)cc3C4)C2)cc[nH]1. The van der Waals surface area contributed by atoms with Gasteiger partial charge in [-0.1, -0.05) is 29.8 Å². The van der Waals surface area contributed by atoms with Gasteiger partial charge in [0.1, 0.15) is 17.6 Å². The number of H-pyrrole nitrogens is 1. The van der Waals surface area contributed by atoms with Crippen molar-refractivity contribution in [3.05, 3.63) is 111 Å². The zero-order valence-corrected chi connectivity index (χ0v) is 24.1. The topological polar surface area (TPSA) is 82.7 Å². The van der Waals surface area contributed by atoms with Crippen molar-refractivity contribution in [3.63, 3.8) is 0 Å². The third-order valence-corrected chi connectivity index (χ3v) is 8.65. The highest BCUT2D eigenvalue weighted by atomic mass is 35.5. The molecule has 216 valence electrons. The average Bonchev–Trinajstić information content (AvgIpc) is 3.01. The predicted molar refractivity (Wildman–Crippen MR) is 165 cm³/mol. The summed E-state index contributed by atoms with van der Waals surface area (Å²) in [4.78, 5) is 23.5. The normalized spacial score (nSPS) is 19.1. The van der Waals surface area contributed by atoms with Crippen LogP contribution in [0.5, 0.6) is 11.5 Å². The predicted octanol–water partition coefficient (Wildman–Crippen LogP) is 5.77. The molecule has 4 aromatic rings. The lowest BCUT2D eigenvalue weighted by atomic mass is 9.95. The van der Waals surface area contributed by atoms with Crippen LogP contribution in [0, 0.1) is 0 Å². The quantitative estimate of drug-likeness (QED) is 0.262. The Morgan fingerprint density at radius 2 is 1.93 bits per heavy atom. The molecule has 8 nitrogen and oxygen atoms in total. The summed E-state index contributed by atoms with van der Waals surface area (Å²) in [5.74, 6) is 1.79. The van der Waals surface area contributed by atoms with Gasteiger partial charge in [0.25, 0.3) is 0 Å². The van der Waals surface area contributed by atoms with E-state index >= 15 is 0 Å². The van der Waals surface area contributed by atoms with Crippen LogP contribution in [0.3, 0.4) is 0 Å². The monoisotopic (exact) mass is 583 g/mol. The van der Waals surface area contributed by atoms with Gasteiger partial charge in [0.05, 0.1) is 11.6 Å². The maximum Gasteiger partial charge on any atom is 0.249 e. The van der Waals surface area contributed by atoms with Gasteiger partial charge in [-0.05, 0) is 54.3 Å². The molecule has 7 rings (SSSR count). The van der Waals surface area contributed by atoms with Crippen molar-refractivity contribution in [1.29, 1.82) is 0 Å². The van der Waals surface area contributed by atoms with Crippen molar-refractivity contribution in [2.24, 2.45) is 0 Å². The first-order valence-electron chi connectivity index (χ1n) is 14.6. The lowest BCUT2D eigenvalue weighted by Crippen LogP contribution is -2.39. The number of pyridine rings is 2. The minimum absolute atomic E-state index is 0.0986. The molecule has 0 spiro atoms. The second-order valence-corrected chi connectivity index (χ2v) is 11.8. The molecule has 5 heterocycles. The molecule has 1 atom stereocenters. The van der Waals surface area contributed by atoms with Crippen LogP contribution >= 0.6 is 11.6 Å². The van der Waals surface area contributed by atoms with Crippen molar-refractivity contribution < 1.29 is 9.47 Å². The summed E-state index contributed by atoms with van der Waals surface area (Å²) in [6.07, 6.45) is 8.11. The summed E-state index contributed by atoms with van der Waals surface area (Å²) in [5.41, 5.74) is 6.51. The fourth-order valence-corrected chi connectivity index (χ4v) is 6.51. The molecule has 3 aliphatic rings. The number of aromatic nitrogens is 2. The van der Waals surface area contributed by atoms with Gasteiger partial charge in [-0.15, -0.1) is 0 Å². The highest BCUT2D eigenvalue weighted by molar-refractivity contribution is 6.30. The van der Waals surface area contributed by atoms with E-state index in [1.807, 2.05) is 18.3 Å². The number of hydrogen-bond acceptors (Lipinski definition) is 7. The van der Waals surface area contributed by atoms with Crippen LogP contribution in [0.15, 0.2) is 78.0 Å². The Kier molecular flexibility index (Phi) is 7.59. The number of nitrogens with zero attached hydrogens (tertiary/aromatic N) is 3. The molecular formula is C33H34ClN5O3. The van der Waals surface area contributed by atoms with Crippen molar-refractivity contribution in [3.8, 4) is 11.5 Å². The van der Waals surface area contributed by atoms with Gasteiger partial charge in [-0.2, -0.15) is 0 Å². The number of likely N-dealkylation sites (tertiary alicyclic amines) is 1. The van der Waals surface area contributed by atoms with Crippen LogP contribution in [-0.2, 0) is 17.7 Å². The number of benzene rings is 2. The van der Waals surface area contributed by atoms with Crippen molar-refractivity contribution in [2.75, 3.05) is 43.0 Å². The Hall–Kier alpha value is -3.85. The van der Waals surface area contributed by atoms with Gasteiger partial charge in [-0.25, -0.2) is 0 Å². The van der Waals surface area contributed by atoms with Crippen LogP contribution in [0.2, 0.25) is 5.02 Å². The van der Waals surface area contributed by atoms with E-state index in [4.69, 9.17) is 21.1 Å². The summed E-state index contributed by atoms with van der Waals surface area (Å²) < 4.78 is 12.8. The van der Waals surface area contributed by atoms with Crippen molar-refractivity contribution >= 4 is 23.0 Å². The number of aromatic amines is 1. The van der Waals surface area contributed by atoms with Crippen molar-refractivity contribution in [1.82, 2.24) is 14.9 Å². The molecule has 0 saturated carbocycles. The largest absolute Gasteiger partial charge is 0.456 e. The van der Waals surface area contributed by atoms with E-state index in [1.54, 1.807) is 18.5 Å². The van der Waals surface area contributed by atoms with Gasteiger partial charge >= 0.3 is 0 Å². The fraction of sp³-hybridized carbons (Fsp3) is 0.333. The lowest BCUT2D eigenvalue weighted by molar-refractivity contribution is 0.0384. The van der Waals surface area contributed by atoms with E-state index in [1.165, 1.54) is 5.56 Å². The van der Waals surface area contributed by atoms with E-state index in [-0.39, 0.29) is 11.7 Å². The van der Waals surface area contributed by atoms with Crippen LogP contribution in [0.25, 0.3) is 0 Å². The van der Waals surface area contributed by atoms with Crippen LogP contribution in [0.4, 0.5) is 11.4 Å². The molecule has 0 radical (unpaired) electrons. The number of piperidine rings is 1. The Morgan fingerprint density at radius 1 is 1.02 bits per heavy atom. The highest BCUT2D eigenvalue weighted by Gasteiger charge is 2.29. The number of fused-ring (bicyclic) bond motifs is 2. The van der Waals surface area contributed by atoms with E-state index in [0.717, 1.165) is 85.0 Å². The fourth-order valence-electron chi connectivity index (χ4n) is 6.32. The molecule has 2 aromatic carbocycles. The number of anilines is 2. The Morgan fingerprint density at radius 3 is 2.79 bits per heavy atom. The maximum atomic E-state index is 11.9. The average molecular weight is 584 g/mol. The van der Waals surface area contributed by atoms with Crippen molar-refractivity contribution in [2.45, 2.75) is 38.0 Å². The van der Waals surface area contributed by atoms with Crippen LogP contribution < -0.4 is 20.5 Å². The van der Waals surface area contributed by atoms with Gasteiger partial charge in [-0.3, -0.25) is 14.7 Å². The number of halogens is 1. The number of rotatable bonds is 6. The molecule has 42 heavy (non-hydrogen) atoms. The first-order valence-corrected chi connectivity index (χ1v) is 15.0. The molecule has 0 aliphatic carbocycles. The van der Waals surface area contributed by atoms with E-state index < -0.39 is 0 Å². The van der Waals surface area contributed by atoms with Gasteiger partial charge in [0, 0.05) is 92.3 Å². The molecule has 1 unspecified atom stereocenters. The lowest BCUT2D eigenvalue weighted by Gasteiger charge is -2.36. The summed E-state index contributed by atoms with van der Waals surface area (Å²) >= 11 is 6.11. The van der Waals surface area contributed by atoms with E-state index in [2.05, 4.69) is 61.5 Å². The molecule has 2 N–H and O–H groups in total. The number of hydrogen-bond donors (Lipinski definition) is 2. The number of para-hydroxylation sites is 1. The van der Waals surface area contributed by atoms with Crippen LogP contribution in [0.1, 0.15) is 41.2 Å². The summed E-state index contributed by atoms with van der Waals surface area (Å²) in [6, 6.07) is 18.8. The molecule has 2 fully saturated rings. The van der Waals surface area contributed by atoms with Crippen LogP contribution in [-0.4, -0.2) is 53.7 Å². The molecule has 3 aliphatic heterocycles. The molecule has 2 aromatic heterocycles. The first kappa shape index (κ1) is 27.0. The van der Waals surface area contributed by atoms with Gasteiger partial charge in [0.15, 0.2) is 0 Å². The minimum Gasteiger partial charge on any atom is -0.456 e. The first-order chi connectivity index (χ1) is 20.6. The zero-order chi connectivity index (χ0) is 28.5. The second kappa shape index (κ2) is 11.8.